The van der Waals surface area contributed by atoms with Gasteiger partial charge in [0.25, 0.3) is 0 Å². The minimum absolute atomic E-state index is 0.110. The van der Waals surface area contributed by atoms with Crippen molar-refractivity contribution in [2.45, 2.75) is 30.8 Å². The first-order chi connectivity index (χ1) is 10.0. The second-order valence-corrected chi connectivity index (χ2v) is 7.49. The summed E-state index contributed by atoms with van der Waals surface area (Å²) in [6.45, 7) is 6.24. The second-order valence-electron chi connectivity index (χ2n) is 5.21. The lowest BCUT2D eigenvalue weighted by molar-refractivity contribution is 0.103. The number of rotatable bonds is 5. The molecule has 5 nitrogen and oxygen atoms in total. The molecule has 1 aromatic carbocycles. The third kappa shape index (κ3) is 4.51. The quantitative estimate of drug-likeness (QED) is 0.893. The maximum atomic E-state index is 11.8. The van der Waals surface area contributed by atoms with E-state index in [9.17, 15) is 8.42 Å². The molecule has 1 unspecified atom stereocenters. The smallest absolute Gasteiger partial charge is 0.178 e. The molecule has 1 aliphatic rings. The van der Waals surface area contributed by atoms with Crippen LogP contribution in [-0.4, -0.2) is 46.6 Å². The highest BCUT2D eigenvalue weighted by atomic mass is 32.2. The van der Waals surface area contributed by atoms with Crippen LogP contribution in [0.25, 0.3) is 0 Å². The lowest BCUT2D eigenvalue weighted by Crippen LogP contribution is -2.37. The van der Waals surface area contributed by atoms with Crippen molar-refractivity contribution in [3.63, 3.8) is 0 Å². The zero-order valence-electron chi connectivity index (χ0n) is 12.5. The summed E-state index contributed by atoms with van der Waals surface area (Å²) in [6, 6.07) is 7.33. The topological polar surface area (TPSA) is 64.6 Å². The van der Waals surface area contributed by atoms with Crippen molar-refractivity contribution < 1.29 is 17.9 Å². The van der Waals surface area contributed by atoms with Gasteiger partial charge < -0.3 is 14.8 Å². The molecule has 2 rings (SSSR count). The Morgan fingerprint density at radius 2 is 1.76 bits per heavy atom. The number of hydrogen-bond donors (Lipinski definition) is 1. The molecule has 1 saturated heterocycles. The van der Waals surface area contributed by atoms with E-state index in [2.05, 4.69) is 5.32 Å². The molecular weight excluding hydrogens is 290 g/mol. The fourth-order valence-electron chi connectivity index (χ4n) is 2.29. The van der Waals surface area contributed by atoms with Gasteiger partial charge in [0, 0.05) is 6.04 Å². The molecule has 21 heavy (non-hydrogen) atoms. The van der Waals surface area contributed by atoms with Gasteiger partial charge in [0.15, 0.2) is 9.84 Å². The van der Waals surface area contributed by atoms with Crippen LogP contribution in [0.3, 0.4) is 0 Å². The molecule has 0 aromatic heterocycles. The summed E-state index contributed by atoms with van der Waals surface area (Å²) in [7, 11) is -3.13. The Bertz CT molecular complexity index is 533. The molecule has 1 heterocycles. The van der Waals surface area contributed by atoms with E-state index in [0.29, 0.717) is 31.3 Å². The third-order valence-corrected chi connectivity index (χ3v) is 5.37. The van der Waals surface area contributed by atoms with Crippen molar-refractivity contribution in [1.82, 2.24) is 5.32 Å². The molecule has 0 amide bonds. The summed E-state index contributed by atoms with van der Waals surface area (Å²) < 4.78 is 34.5. The molecule has 118 valence electrons. The van der Waals surface area contributed by atoms with Gasteiger partial charge in [0.05, 0.1) is 43.1 Å². The molecule has 6 heteroatoms. The van der Waals surface area contributed by atoms with E-state index in [0.717, 1.165) is 5.56 Å². The van der Waals surface area contributed by atoms with Crippen LogP contribution in [0.4, 0.5) is 0 Å². The number of ether oxygens (including phenoxy) is 2. The Morgan fingerprint density at radius 3 is 2.29 bits per heavy atom. The van der Waals surface area contributed by atoms with Gasteiger partial charge in [-0.25, -0.2) is 8.42 Å². The molecule has 0 spiro atoms. The van der Waals surface area contributed by atoms with E-state index < -0.39 is 9.84 Å². The summed E-state index contributed by atoms with van der Waals surface area (Å²) in [4.78, 5) is 0.377. The summed E-state index contributed by atoms with van der Waals surface area (Å²) >= 11 is 0. The van der Waals surface area contributed by atoms with E-state index in [1.165, 1.54) is 0 Å². The molecule has 1 N–H and O–H groups in total. The maximum absolute atomic E-state index is 11.8. The van der Waals surface area contributed by atoms with Gasteiger partial charge in [0.1, 0.15) is 0 Å². The summed E-state index contributed by atoms with van der Waals surface area (Å²) in [6.07, 6.45) is 0. The van der Waals surface area contributed by atoms with Crippen LogP contribution in [0.1, 0.15) is 25.5 Å². The average Bonchev–Trinajstić information content (AvgIpc) is 2.76. The predicted molar refractivity (Wildman–Crippen MR) is 81.1 cm³/mol. The van der Waals surface area contributed by atoms with Gasteiger partial charge in [-0.05, 0) is 24.6 Å². The monoisotopic (exact) mass is 313 g/mol. The van der Waals surface area contributed by atoms with E-state index in [1.54, 1.807) is 19.1 Å². The lowest BCUT2D eigenvalue weighted by atomic mass is 10.1. The maximum Gasteiger partial charge on any atom is 0.178 e. The van der Waals surface area contributed by atoms with Gasteiger partial charge >= 0.3 is 0 Å². The van der Waals surface area contributed by atoms with Crippen LogP contribution in [0.5, 0.6) is 0 Å². The third-order valence-electron chi connectivity index (χ3n) is 3.62. The van der Waals surface area contributed by atoms with Gasteiger partial charge in [-0.1, -0.05) is 19.1 Å². The Balaban J connectivity index is 2.00. The predicted octanol–water partition coefficient (Wildman–Crippen LogP) is 1.55. The van der Waals surface area contributed by atoms with Gasteiger partial charge in [-0.2, -0.15) is 0 Å². The van der Waals surface area contributed by atoms with E-state index in [1.807, 2.05) is 19.1 Å². The van der Waals surface area contributed by atoms with Crippen LogP contribution < -0.4 is 5.32 Å². The number of nitrogens with one attached hydrogen (secondary N) is 1. The highest BCUT2D eigenvalue weighted by Gasteiger charge is 2.17. The Morgan fingerprint density at radius 1 is 1.19 bits per heavy atom. The molecule has 0 radical (unpaired) electrons. The fraction of sp³-hybridized carbons (Fsp3) is 0.600. The Labute approximate surface area is 126 Å². The van der Waals surface area contributed by atoms with Crippen molar-refractivity contribution in [3.8, 4) is 0 Å². The number of sulfone groups is 1. The number of hydrogen-bond acceptors (Lipinski definition) is 5. The van der Waals surface area contributed by atoms with Crippen LogP contribution in [0, 0.1) is 0 Å². The zero-order chi connectivity index (χ0) is 15.3. The molecule has 0 bridgehead atoms. The standard InChI is InChI=1S/C15H23NO4S/c1-3-21(17,18)15-6-4-13(5-7-15)12(2)16-14-10-19-8-9-20-11-14/h4-7,12,14,16H,3,8-11H2,1-2H3. The average molecular weight is 313 g/mol. The fourth-order valence-corrected chi connectivity index (χ4v) is 3.18. The van der Waals surface area contributed by atoms with Crippen LogP contribution in [0.2, 0.25) is 0 Å². The minimum Gasteiger partial charge on any atom is -0.377 e. The summed E-state index contributed by atoms with van der Waals surface area (Å²) in [5.74, 6) is 0.122. The first kappa shape index (κ1) is 16.4. The van der Waals surface area contributed by atoms with Crippen LogP contribution >= 0.6 is 0 Å². The molecule has 1 atom stereocenters. The molecule has 1 aliphatic heterocycles. The first-order valence-corrected chi connectivity index (χ1v) is 8.92. The van der Waals surface area contributed by atoms with Crippen molar-refractivity contribution in [2.75, 3.05) is 32.2 Å². The SMILES string of the molecule is CCS(=O)(=O)c1ccc(C(C)NC2COCCOC2)cc1. The van der Waals surface area contributed by atoms with Crippen molar-refractivity contribution in [3.05, 3.63) is 29.8 Å². The van der Waals surface area contributed by atoms with Gasteiger partial charge in [-0.3, -0.25) is 0 Å². The molecular formula is C15H23NO4S. The number of benzene rings is 1. The van der Waals surface area contributed by atoms with E-state index in [-0.39, 0.29) is 17.8 Å². The highest BCUT2D eigenvalue weighted by Crippen LogP contribution is 2.18. The van der Waals surface area contributed by atoms with Gasteiger partial charge in [-0.15, -0.1) is 0 Å². The molecule has 0 saturated carbocycles. The normalized spacial score (nSPS) is 19.1. The summed E-state index contributed by atoms with van der Waals surface area (Å²) in [5, 5.41) is 3.45. The second kappa shape index (κ2) is 7.35. The lowest BCUT2D eigenvalue weighted by Gasteiger charge is -2.21. The minimum atomic E-state index is -3.13. The molecule has 0 aliphatic carbocycles. The largest absolute Gasteiger partial charge is 0.377 e. The zero-order valence-corrected chi connectivity index (χ0v) is 13.4. The van der Waals surface area contributed by atoms with Crippen molar-refractivity contribution in [1.29, 1.82) is 0 Å². The van der Waals surface area contributed by atoms with Crippen molar-refractivity contribution >= 4 is 9.84 Å². The van der Waals surface area contributed by atoms with Gasteiger partial charge in [0.2, 0.25) is 0 Å². The van der Waals surface area contributed by atoms with Crippen LogP contribution in [0.15, 0.2) is 29.2 Å². The van der Waals surface area contributed by atoms with Crippen LogP contribution in [-0.2, 0) is 19.3 Å². The first-order valence-electron chi connectivity index (χ1n) is 7.27. The van der Waals surface area contributed by atoms with E-state index >= 15 is 0 Å². The Kier molecular flexibility index (Phi) is 5.75. The molecule has 1 aromatic rings. The van der Waals surface area contributed by atoms with E-state index in [4.69, 9.17) is 9.47 Å². The summed E-state index contributed by atoms with van der Waals surface area (Å²) in [5.41, 5.74) is 1.05. The van der Waals surface area contributed by atoms with Crippen molar-refractivity contribution in [2.24, 2.45) is 0 Å². The molecule has 1 fully saturated rings. The highest BCUT2D eigenvalue weighted by molar-refractivity contribution is 7.91. The Hall–Kier alpha value is -0.950.